The number of nitrogens with zero attached hydrogens (tertiary/aromatic N) is 2. The summed E-state index contributed by atoms with van der Waals surface area (Å²) in [7, 11) is 0. The summed E-state index contributed by atoms with van der Waals surface area (Å²) in [5, 5.41) is 2.91. The standard InChI is InChI=1S/C17H26F3N3O2/c1-12(2)23(15(24)25-16(3,4)5)10-9-21-11-14-13(17(18,19)20)7-6-8-22-14/h6-8,12,21H,9-11H2,1-5H3. The minimum absolute atomic E-state index is 0.0318. The van der Waals surface area contributed by atoms with Crippen LogP contribution in [0.3, 0.4) is 0 Å². The van der Waals surface area contributed by atoms with Gasteiger partial charge in [-0.25, -0.2) is 4.79 Å². The third-order valence-electron chi connectivity index (χ3n) is 3.27. The lowest BCUT2D eigenvalue weighted by atomic mass is 10.2. The molecule has 1 amide bonds. The highest BCUT2D eigenvalue weighted by Gasteiger charge is 2.33. The Hall–Kier alpha value is -1.83. The molecule has 8 heteroatoms. The zero-order chi connectivity index (χ0) is 19.3. The van der Waals surface area contributed by atoms with E-state index in [1.807, 2.05) is 13.8 Å². The first-order valence-corrected chi connectivity index (χ1v) is 8.13. The van der Waals surface area contributed by atoms with Crippen molar-refractivity contribution in [2.24, 2.45) is 0 Å². The molecule has 0 fully saturated rings. The van der Waals surface area contributed by atoms with Gasteiger partial charge in [0.15, 0.2) is 0 Å². The summed E-state index contributed by atoms with van der Waals surface area (Å²) >= 11 is 0. The summed E-state index contributed by atoms with van der Waals surface area (Å²) in [6, 6.07) is 2.18. The Morgan fingerprint density at radius 3 is 2.48 bits per heavy atom. The van der Waals surface area contributed by atoms with Crippen molar-refractivity contribution in [3.8, 4) is 0 Å². The van der Waals surface area contributed by atoms with E-state index in [0.29, 0.717) is 13.1 Å². The minimum Gasteiger partial charge on any atom is -0.444 e. The largest absolute Gasteiger partial charge is 0.444 e. The second kappa shape index (κ2) is 8.51. The number of halogens is 3. The van der Waals surface area contributed by atoms with E-state index in [0.717, 1.165) is 6.07 Å². The summed E-state index contributed by atoms with van der Waals surface area (Å²) < 4.78 is 44.1. The Balaban J connectivity index is 2.60. The number of rotatable bonds is 6. The number of carbonyl (C=O) groups excluding carboxylic acids is 1. The number of aromatic nitrogens is 1. The van der Waals surface area contributed by atoms with Gasteiger partial charge in [0, 0.05) is 31.9 Å². The normalized spacial score (nSPS) is 12.4. The van der Waals surface area contributed by atoms with Crippen LogP contribution in [0.4, 0.5) is 18.0 Å². The van der Waals surface area contributed by atoms with Gasteiger partial charge >= 0.3 is 12.3 Å². The number of pyridine rings is 1. The molecule has 0 atom stereocenters. The smallest absolute Gasteiger partial charge is 0.418 e. The first-order valence-electron chi connectivity index (χ1n) is 8.13. The highest BCUT2D eigenvalue weighted by Crippen LogP contribution is 2.30. The molecule has 142 valence electrons. The van der Waals surface area contributed by atoms with Crippen LogP contribution in [0.25, 0.3) is 0 Å². The first kappa shape index (κ1) is 21.2. The Bertz CT molecular complexity index is 569. The number of carbonyl (C=O) groups is 1. The van der Waals surface area contributed by atoms with Crippen LogP contribution >= 0.6 is 0 Å². The molecule has 25 heavy (non-hydrogen) atoms. The predicted octanol–water partition coefficient (Wildman–Crippen LogP) is 3.84. The average Bonchev–Trinajstić information content (AvgIpc) is 2.44. The zero-order valence-electron chi connectivity index (χ0n) is 15.3. The van der Waals surface area contributed by atoms with Crippen LogP contribution in [0.1, 0.15) is 45.9 Å². The van der Waals surface area contributed by atoms with E-state index in [9.17, 15) is 18.0 Å². The van der Waals surface area contributed by atoms with E-state index in [1.54, 1.807) is 20.8 Å². The van der Waals surface area contributed by atoms with Gasteiger partial charge in [0.1, 0.15) is 5.60 Å². The lowest BCUT2D eigenvalue weighted by Crippen LogP contribution is -2.44. The quantitative estimate of drug-likeness (QED) is 0.783. The highest BCUT2D eigenvalue weighted by molar-refractivity contribution is 5.68. The van der Waals surface area contributed by atoms with Crippen molar-refractivity contribution in [1.29, 1.82) is 0 Å². The van der Waals surface area contributed by atoms with Crippen molar-refractivity contribution in [1.82, 2.24) is 15.2 Å². The molecule has 5 nitrogen and oxygen atoms in total. The molecule has 0 spiro atoms. The molecule has 1 heterocycles. The second-order valence-corrected chi connectivity index (χ2v) is 6.94. The fraction of sp³-hybridized carbons (Fsp3) is 0.647. The van der Waals surface area contributed by atoms with E-state index < -0.39 is 23.4 Å². The van der Waals surface area contributed by atoms with Crippen LogP contribution in [0.5, 0.6) is 0 Å². The SMILES string of the molecule is CC(C)N(CCNCc1ncccc1C(F)(F)F)C(=O)OC(C)(C)C. The molecule has 1 aromatic rings. The van der Waals surface area contributed by atoms with E-state index in [1.165, 1.54) is 17.2 Å². The van der Waals surface area contributed by atoms with Crippen molar-refractivity contribution >= 4 is 6.09 Å². The van der Waals surface area contributed by atoms with E-state index in [2.05, 4.69) is 10.3 Å². The van der Waals surface area contributed by atoms with Crippen molar-refractivity contribution in [2.75, 3.05) is 13.1 Å². The van der Waals surface area contributed by atoms with Gasteiger partial charge in [0.05, 0.1) is 11.3 Å². The molecule has 1 rings (SSSR count). The lowest BCUT2D eigenvalue weighted by molar-refractivity contribution is -0.138. The van der Waals surface area contributed by atoms with E-state index in [4.69, 9.17) is 4.74 Å². The lowest BCUT2D eigenvalue weighted by Gasteiger charge is -2.30. The molecule has 0 saturated carbocycles. The zero-order valence-corrected chi connectivity index (χ0v) is 15.3. The van der Waals surface area contributed by atoms with Gasteiger partial charge < -0.3 is 15.0 Å². The van der Waals surface area contributed by atoms with E-state index >= 15 is 0 Å². The highest BCUT2D eigenvalue weighted by atomic mass is 19.4. The molecular formula is C17H26F3N3O2. The minimum atomic E-state index is -4.44. The average molecular weight is 361 g/mol. The van der Waals surface area contributed by atoms with Crippen molar-refractivity contribution in [3.05, 3.63) is 29.6 Å². The van der Waals surface area contributed by atoms with Crippen molar-refractivity contribution in [3.63, 3.8) is 0 Å². The van der Waals surface area contributed by atoms with Gasteiger partial charge in [-0.3, -0.25) is 4.98 Å². The number of nitrogens with one attached hydrogen (secondary N) is 1. The van der Waals surface area contributed by atoms with Gasteiger partial charge in [-0.15, -0.1) is 0 Å². The summed E-state index contributed by atoms with van der Waals surface area (Å²) in [6.07, 6.45) is -3.56. The molecular weight excluding hydrogens is 335 g/mol. The van der Waals surface area contributed by atoms with Gasteiger partial charge in [-0.1, -0.05) is 0 Å². The molecule has 1 aromatic heterocycles. The maximum Gasteiger partial charge on any atom is 0.418 e. The summed E-state index contributed by atoms with van der Waals surface area (Å²) in [5.74, 6) is 0. The Kier molecular flexibility index (Phi) is 7.22. The maximum absolute atomic E-state index is 12.9. The summed E-state index contributed by atoms with van der Waals surface area (Å²) in [4.78, 5) is 17.5. The summed E-state index contributed by atoms with van der Waals surface area (Å²) in [6.45, 7) is 9.65. The molecule has 0 aliphatic rings. The molecule has 0 radical (unpaired) electrons. The van der Waals surface area contributed by atoms with Crippen LogP contribution in [-0.2, 0) is 17.5 Å². The van der Waals surface area contributed by atoms with Crippen molar-refractivity contribution in [2.45, 2.75) is 59.0 Å². The topological polar surface area (TPSA) is 54.5 Å². The Labute approximate surface area is 146 Å². The van der Waals surface area contributed by atoms with Gasteiger partial charge in [0.25, 0.3) is 0 Å². The van der Waals surface area contributed by atoms with E-state index in [-0.39, 0.29) is 18.3 Å². The van der Waals surface area contributed by atoms with Crippen LogP contribution in [0.15, 0.2) is 18.3 Å². The van der Waals surface area contributed by atoms with Crippen LogP contribution in [0.2, 0.25) is 0 Å². The van der Waals surface area contributed by atoms with Crippen LogP contribution in [0, 0.1) is 0 Å². The molecule has 0 saturated heterocycles. The number of alkyl halides is 3. The molecule has 0 bridgehead atoms. The first-order chi connectivity index (χ1) is 11.4. The van der Waals surface area contributed by atoms with Gasteiger partial charge in [-0.05, 0) is 46.8 Å². The Morgan fingerprint density at radius 2 is 1.96 bits per heavy atom. The predicted molar refractivity (Wildman–Crippen MR) is 89.0 cm³/mol. The van der Waals surface area contributed by atoms with Crippen molar-refractivity contribution < 1.29 is 22.7 Å². The molecule has 0 unspecified atom stereocenters. The third kappa shape index (κ3) is 7.29. The number of ether oxygens (including phenoxy) is 1. The number of hydrogen-bond donors (Lipinski definition) is 1. The van der Waals surface area contributed by atoms with Gasteiger partial charge in [0.2, 0.25) is 0 Å². The fourth-order valence-electron chi connectivity index (χ4n) is 2.12. The number of hydrogen-bond acceptors (Lipinski definition) is 4. The second-order valence-electron chi connectivity index (χ2n) is 6.94. The van der Waals surface area contributed by atoms with Crippen LogP contribution in [-0.4, -0.2) is 40.7 Å². The molecule has 0 aliphatic heterocycles. The Morgan fingerprint density at radius 1 is 1.32 bits per heavy atom. The monoisotopic (exact) mass is 361 g/mol. The molecule has 0 aromatic carbocycles. The number of amides is 1. The molecule has 1 N–H and O–H groups in total. The van der Waals surface area contributed by atoms with Gasteiger partial charge in [-0.2, -0.15) is 13.2 Å². The third-order valence-corrected chi connectivity index (χ3v) is 3.27. The van der Waals surface area contributed by atoms with Crippen LogP contribution < -0.4 is 5.32 Å². The maximum atomic E-state index is 12.9. The summed E-state index contributed by atoms with van der Waals surface area (Å²) in [5.41, 5.74) is -1.42. The fourth-order valence-corrected chi connectivity index (χ4v) is 2.12. The molecule has 0 aliphatic carbocycles.